The van der Waals surface area contributed by atoms with Crippen molar-refractivity contribution in [2.45, 2.75) is 0 Å². The zero-order valence-corrected chi connectivity index (χ0v) is 13.1. The summed E-state index contributed by atoms with van der Waals surface area (Å²) in [7, 11) is 0. The van der Waals surface area contributed by atoms with Gasteiger partial charge < -0.3 is 5.73 Å². The van der Waals surface area contributed by atoms with Gasteiger partial charge >= 0.3 is 0 Å². The molecule has 2 aromatic rings. The summed E-state index contributed by atoms with van der Waals surface area (Å²) in [6, 6.07) is 11.8. The van der Waals surface area contributed by atoms with Crippen LogP contribution in [0.2, 0.25) is 0 Å². The van der Waals surface area contributed by atoms with Gasteiger partial charge in [0.2, 0.25) is 0 Å². The number of imide groups is 1. The number of carbonyl (C=O) groups excluding carboxylic acids is 2. The van der Waals surface area contributed by atoms with Crippen molar-refractivity contribution < 1.29 is 9.59 Å². The first-order valence-electron chi connectivity index (χ1n) is 6.08. The second kappa shape index (κ2) is 5.05. The highest BCUT2D eigenvalue weighted by Crippen LogP contribution is 2.32. The average Bonchev–Trinajstić information content (AvgIpc) is 2.70. The van der Waals surface area contributed by atoms with Crippen molar-refractivity contribution in [2.75, 3.05) is 4.90 Å². The Morgan fingerprint density at radius 3 is 2.43 bits per heavy atom. The maximum atomic E-state index is 12.5. The minimum absolute atomic E-state index is 0.142. The van der Waals surface area contributed by atoms with Crippen molar-refractivity contribution in [3.8, 4) is 0 Å². The normalized spacial score (nSPS) is 13.5. The molecule has 2 N–H and O–H groups in total. The Kier molecular flexibility index (Phi) is 3.35. The molecule has 0 saturated heterocycles. The van der Waals surface area contributed by atoms with Crippen molar-refractivity contribution >= 4 is 50.6 Å². The Labute approximate surface area is 134 Å². The molecule has 0 atom stereocenters. The Balaban J connectivity index is 2.17. The lowest BCUT2D eigenvalue weighted by molar-refractivity contribution is 0.0926. The van der Waals surface area contributed by atoms with Crippen molar-refractivity contribution in [2.24, 2.45) is 5.73 Å². The summed E-state index contributed by atoms with van der Waals surface area (Å²) >= 11 is 8.29. The van der Waals surface area contributed by atoms with Crippen LogP contribution in [-0.2, 0) is 0 Å². The monoisotopic (exact) mass is 360 g/mol. The van der Waals surface area contributed by atoms with E-state index in [2.05, 4.69) is 15.9 Å². The maximum Gasteiger partial charge on any atom is 0.266 e. The molecule has 0 saturated carbocycles. The summed E-state index contributed by atoms with van der Waals surface area (Å²) in [6.45, 7) is 0. The third-order valence-electron chi connectivity index (χ3n) is 3.26. The van der Waals surface area contributed by atoms with Crippen molar-refractivity contribution in [3.63, 3.8) is 0 Å². The van der Waals surface area contributed by atoms with Crippen LogP contribution >= 0.6 is 28.1 Å². The van der Waals surface area contributed by atoms with Crippen molar-refractivity contribution in [3.05, 3.63) is 63.6 Å². The molecular weight excluding hydrogens is 352 g/mol. The fourth-order valence-corrected chi connectivity index (χ4v) is 2.84. The third-order valence-corrected chi connectivity index (χ3v) is 3.97. The van der Waals surface area contributed by atoms with Gasteiger partial charge in [0, 0.05) is 10.0 Å². The highest BCUT2D eigenvalue weighted by atomic mass is 79.9. The first-order valence-corrected chi connectivity index (χ1v) is 7.28. The molecule has 0 bridgehead atoms. The number of thiocarbonyl (C=S) groups is 1. The number of fused-ring (bicyclic) bond motifs is 1. The highest BCUT2D eigenvalue weighted by molar-refractivity contribution is 9.10. The Hall–Kier alpha value is -2.05. The van der Waals surface area contributed by atoms with Gasteiger partial charge in [0.25, 0.3) is 11.8 Å². The number of hydrogen-bond acceptors (Lipinski definition) is 3. The smallest absolute Gasteiger partial charge is 0.266 e. The maximum absolute atomic E-state index is 12.5. The summed E-state index contributed by atoms with van der Waals surface area (Å²) < 4.78 is 0.742. The molecule has 3 rings (SSSR count). The number of hydrogen-bond donors (Lipinski definition) is 1. The molecule has 4 nitrogen and oxygen atoms in total. The molecule has 1 aliphatic rings. The number of amides is 2. The van der Waals surface area contributed by atoms with Gasteiger partial charge in [-0.15, -0.1) is 0 Å². The molecule has 1 heterocycles. The van der Waals surface area contributed by atoms with E-state index >= 15 is 0 Å². The number of rotatable bonds is 2. The molecular formula is C15H9BrN2O2S. The zero-order valence-electron chi connectivity index (χ0n) is 10.7. The summed E-state index contributed by atoms with van der Waals surface area (Å²) in [5, 5.41) is 0. The SMILES string of the molecule is NC(=S)c1ccccc1N1C(=O)c2ccc(Br)cc2C1=O. The average molecular weight is 361 g/mol. The molecule has 0 spiro atoms. The fraction of sp³-hybridized carbons (Fsp3) is 0. The van der Waals surface area contributed by atoms with E-state index in [1.165, 1.54) is 0 Å². The van der Waals surface area contributed by atoms with Gasteiger partial charge in [0.05, 0.1) is 16.8 Å². The van der Waals surface area contributed by atoms with E-state index in [1.807, 2.05) is 0 Å². The second-order valence-electron chi connectivity index (χ2n) is 4.52. The van der Waals surface area contributed by atoms with Crippen LogP contribution < -0.4 is 10.6 Å². The quantitative estimate of drug-likeness (QED) is 0.660. The van der Waals surface area contributed by atoms with Crippen LogP contribution in [0.4, 0.5) is 5.69 Å². The van der Waals surface area contributed by atoms with Gasteiger partial charge in [0.15, 0.2) is 0 Å². The number of benzene rings is 2. The van der Waals surface area contributed by atoms with E-state index in [0.29, 0.717) is 22.4 Å². The largest absolute Gasteiger partial charge is 0.389 e. The van der Waals surface area contributed by atoms with Gasteiger partial charge in [-0.25, -0.2) is 4.90 Å². The van der Waals surface area contributed by atoms with E-state index in [1.54, 1.807) is 42.5 Å². The summed E-state index contributed by atoms with van der Waals surface area (Å²) in [6.07, 6.45) is 0. The van der Waals surface area contributed by atoms with E-state index in [0.717, 1.165) is 9.37 Å². The van der Waals surface area contributed by atoms with Crippen LogP contribution in [0, 0.1) is 0 Å². The van der Waals surface area contributed by atoms with Crippen LogP contribution in [0.3, 0.4) is 0 Å². The highest BCUT2D eigenvalue weighted by Gasteiger charge is 2.37. The van der Waals surface area contributed by atoms with Crippen molar-refractivity contribution in [1.82, 2.24) is 0 Å². The molecule has 21 heavy (non-hydrogen) atoms. The summed E-state index contributed by atoms with van der Waals surface area (Å²) in [5.41, 5.74) is 7.33. The molecule has 2 amide bonds. The van der Waals surface area contributed by atoms with Crippen LogP contribution in [0.1, 0.15) is 26.3 Å². The molecule has 2 aromatic carbocycles. The lowest BCUT2D eigenvalue weighted by Crippen LogP contribution is -2.31. The molecule has 0 unspecified atom stereocenters. The lowest BCUT2D eigenvalue weighted by atomic mass is 10.1. The van der Waals surface area contributed by atoms with E-state index in [4.69, 9.17) is 18.0 Å². The third kappa shape index (κ3) is 2.16. The Morgan fingerprint density at radius 1 is 1.05 bits per heavy atom. The van der Waals surface area contributed by atoms with E-state index < -0.39 is 0 Å². The van der Waals surface area contributed by atoms with Gasteiger partial charge in [-0.3, -0.25) is 9.59 Å². The fourth-order valence-electron chi connectivity index (χ4n) is 2.31. The number of nitrogens with zero attached hydrogens (tertiary/aromatic N) is 1. The first kappa shape index (κ1) is 13.9. The van der Waals surface area contributed by atoms with Crippen LogP contribution in [0.25, 0.3) is 0 Å². The molecule has 6 heteroatoms. The van der Waals surface area contributed by atoms with Crippen LogP contribution in [0.15, 0.2) is 46.9 Å². The number of halogens is 1. The topological polar surface area (TPSA) is 63.4 Å². The van der Waals surface area contributed by atoms with Gasteiger partial charge in [-0.05, 0) is 30.3 Å². The molecule has 0 aromatic heterocycles. The number of para-hydroxylation sites is 1. The molecule has 0 radical (unpaired) electrons. The lowest BCUT2D eigenvalue weighted by Gasteiger charge is -2.17. The van der Waals surface area contributed by atoms with Gasteiger partial charge in [-0.1, -0.05) is 40.3 Å². The van der Waals surface area contributed by atoms with Crippen LogP contribution in [-0.4, -0.2) is 16.8 Å². The number of nitrogens with two attached hydrogens (primary N) is 1. The molecule has 0 aliphatic carbocycles. The second-order valence-corrected chi connectivity index (χ2v) is 5.87. The first-order chi connectivity index (χ1) is 10.0. The van der Waals surface area contributed by atoms with Gasteiger partial charge in [0.1, 0.15) is 4.99 Å². The van der Waals surface area contributed by atoms with Crippen molar-refractivity contribution in [1.29, 1.82) is 0 Å². The summed E-state index contributed by atoms with van der Waals surface area (Å²) in [5.74, 6) is -0.744. The zero-order chi connectivity index (χ0) is 15.1. The standard InChI is InChI=1S/C15H9BrN2O2S/c16-8-5-6-9-11(7-8)15(20)18(14(9)19)12-4-2-1-3-10(12)13(17)21/h1-7H,(H2,17,21). The molecule has 104 valence electrons. The molecule has 1 aliphatic heterocycles. The summed E-state index contributed by atoms with van der Waals surface area (Å²) in [4.78, 5) is 26.3. The Morgan fingerprint density at radius 2 is 1.71 bits per heavy atom. The number of carbonyl (C=O) groups is 2. The minimum atomic E-state index is -0.375. The Bertz CT molecular complexity index is 804. The van der Waals surface area contributed by atoms with Gasteiger partial charge in [-0.2, -0.15) is 0 Å². The minimum Gasteiger partial charge on any atom is -0.389 e. The van der Waals surface area contributed by atoms with E-state index in [9.17, 15) is 9.59 Å². The number of anilines is 1. The molecule has 0 fully saturated rings. The predicted molar refractivity (Wildman–Crippen MR) is 87.6 cm³/mol. The van der Waals surface area contributed by atoms with Crippen LogP contribution in [0.5, 0.6) is 0 Å². The predicted octanol–water partition coefficient (Wildman–Crippen LogP) is 2.88. The van der Waals surface area contributed by atoms with E-state index in [-0.39, 0.29) is 16.8 Å².